The fraction of sp³-hybridized carbons (Fsp3) is 0.412. The number of hydrogen-bond donors (Lipinski definition) is 1. The minimum absolute atomic E-state index is 0.274. The van der Waals surface area contributed by atoms with E-state index in [2.05, 4.69) is 4.98 Å². The molecule has 1 aromatic heterocycles. The lowest BCUT2D eigenvalue weighted by Crippen LogP contribution is -2.16. The number of ether oxygens (including phenoxy) is 2. The SMILES string of the molecule is CCOC(=O)COC(=O)c1ccc2c3c([nH]c2c1)CCCC3. The molecule has 0 bridgehead atoms. The van der Waals surface area contributed by atoms with Crippen molar-refractivity contribution in [3.05, 3.63) is 35.0 Å². The molecule has 5 nitrogen and oxygen atoms in total. The average molecular weight is 301 g/mol. The molecule has 0 radical (unpaired) electrons. The molecule has 0 spiro atoms. The van der Waals surface area contributed by atoms with E-state index in [1.165, 1.54) is 29.5 Å². The number of aromatic nitrogens is 1. The normalized spacial score (nSPS) is 13.7. The molecule has 1 heterocycles. The molecule has 0 unspecified atom stereocenters. The highest BCUT2D eigenvalue weighted by molar-refractivity contribution is 5.96. The summed E-state index contributed by atoms with van der Waals surface area (Å²) in [5.41, 5.74) is 4.04. The number of benzene rings is 1. The number of esters is 2. The summed E-state index contributed by atoms with van der Waals surface area (Å²) < 4.78 is 9.70. The molecular weight excluding hydrogens is 282 g/mol. The van der Waals surface area contributed by atoms with Crippen LogP contribution in [-0.2, 0) is 27.1 Å². The van der Waals surface area contributed by atoms with Gasteiger partial charge in [-0.05, 0) is 50.3 Å². The van der Waals surface area contributed by atoms with Gasteiger partial charge in [-0.25, -0.2) is 9.59 Å². The van der Waals surface area contributed by atoms with Crippen molar-refractivity contribution in [1.29, 1.82) is 0 Å². The maximum Gasteiger partial charge on any atom is 0.344 e. The molecule has 0 saturated heterocycles. The van der Waals surface area contributed by atoms with Crippen LogP contribution < -0.4 is 0 Å². The van der Waals surface area contributed by atoms with Crippen molar-refractivity contribution >= 4 is 22.8 Å². The average Bonchev–Trinajstić information content (AvgIpc) is 2.90. The van der Waals surface area contributed by atoms with Crippen molar-refractivity contribution in [3.63, 3.8) is 0 Å². The van der Waals surface area contributed by atoms with Gasteiger partial charge >= 0.3 is 11.9 Å². The van der Waals surface area contributed by atoms with Crippen LogP contribution in [0.3, 0.4) is 0 Å². The standard InChI is InChI=1S/C17H19NO4/c1-2-21-16(19)10-22-17(20)11-7-8-13-12-5-3-4-6-14(12)18-15(13)9-11/h7-9,18H,2-6,10H2,1H3. The van der Waals surface area contributed by atoms with Gasteiger partial charge in [0.2, 0.25) is 0 Å². The number of aryl methyl sites for hydroxylation is 2. The molecule has 1 N–H and O–H groups in total. The van der Waals surface area contributed by atoms with E-state index in [9.17, 15) is 9.59 Å². The van der Waals surface area contributed by atoms with Gasteiger partial charge in [-0.2, -0.15) is 0 Å². The van der Waals surface area contributed by atoms with E-state index in [-0.39, 0.29) is 13.2 Å². The first-order chi connectivity index (χ1) is 10.7. The number of carbonyl (C=O) groups is 2. The van der Waals surface area contributed by atoms with Crippen LogP contribution in [0.1, 0.15) is 41.4 Å². The van der Waals surface area contributed by atoms with E-state index >= 15 is 0 Å². The molecule has 22 heavy (non-hydrogen) atoms. The fourth-order valence-corrected chi connectivity index (χ4v) is 2.95. The Hall–Kier alpha value is -2.30. The van der Waals surface area contributed by atoms with Crippen molar-refractivity contribution in [2.75, 3.05) is 13.2 Å². The van der Waals surface area contributed by atoms with Crippen LogP contribution in [0.5, 0.6) is 0 Å². The number of nitrogens with one attached hydrogen (secondary N) is 1. The third-order valence-electron chi connectivity index (χ3n) is 3.96. The first-order valence-electron chi connectivity index (χ1n) is 7.65. The fourth-order valence-electron chi connectivity index (χ4n) is 2.95. The van der Waals surface area contributed by atoms with E-state index in [0.717, 1.165) is 18.4 Å². The highest BCUT2D eigenvalue weighted by Gasteiger charge is 2.17. The third-order valence-corrected chi connectivity index (χ3v) is 3.96. The van der Waals surface area contributed by atoms with Crippen LogP contribution in [-0.4, -0.2) is 30.1 Å². The lowest BCUT2D eigenvalue weighted by Gasteiger charge is -2.10. The Bertz CT molecular complexity index is 717. The largest absolute Gasteiger partial charge is 0.463 e. The Balaban J connectivity index is 1.77. The maximum atomic E-state index is 12.0. The first-order valence-corrected chi connectivity index (χ1v) is 7.65. The molecule has 0 atom stereocenters. The number of H-pyrrole nitrogens is 1. The molecule has 0 fully saturated rings. The summed E-state index contributed by atoms with van der Waals surface area (Å²) >= 11 is 0. The Labute approximate surface area is 128 Å². The zero-order valence-electron chi connectivity index (χ0n) is 12.6. The molecule has 0 aliphatic heterocycles. The topological polar surface area (TPSA) is 68.4 Å². The highest BCUT2D eigenvalue weighted by atomic mass is 16.6. The van der Waals surface area contributed by atoms with Crippen LogP contribution in [0.25, 0.3) is 10.9 Å². The van der Waals surface area contributed by atoms with Crippen molar-refractivity contribution in [2.24, 2.45) is 0 Å². The van der Waals surface area contributed by atoms with Crippen LogP contribution in [0.2, 0.25) is 0 Å². The minimum Gasteiger partial charge on any atom is -0.463 e. The molecule has 0 saturated carbocycles. The molecule has 3 rings (SSSR count). The summed E-state index contributed by atoms with van der Waals surface area (Å²) in [5, 5.41) is 1.18. The highest BCUT2D eigenvalue weighted by Crippen LogP contribution is 2.29. The monoisotopic (exact) mass is 301 g/mol. The van der Waals surface area contributed by atoms with Gasteiger partial charge in [-0.3, -0.25) is 0 Å². The zero-order valence-corrected chi connectivity index (χ0v) is 12.6. The lowest BCUT2D eigenvalue weighted by atomic mass is 9.95. The van der Waals surface area contributed by atoms with Crippen molar-refractivity contribution < 1.29 is 19.1 Å². The molecule has 1 aromatic carbocycles. The van der Waals surface area contributed by atoms with Crippen LogP contribution >= 0.6 is 0 Å². The number of aromatic amines is 1. The van der Waals surface area contributed by atoms with E-state index in [1.54, 1.807) is 19.1 Å². The van der Waals surface area contributed by atoms with Crippen molar-refractivity contribution in [3.8, 4) is 0 Å². The molecule has 116 valence electrons. The first kappa shape index (κ1) is 14.6. The second-order valence-corrected chi connectivity index (χ2v) is 5.43. The molecule has 5 heteroatoms. The van der Waals surface area contributed by atoms with Gasteiger partial charge in [-0.15, -0.1) is 0 Å². The van der Waals surface area contributed by atoms with Gasteiger partial charge in [0.1, 0.15) is 0 Å². The molecule has 1 aliphatic carbocycles. The summed E-state index contributed by atoms with van der Waals surface area (Å²) in [6.07, 6.45) is 4.56. The number of carbonyl (C=O) groups excluding carboxylic acids is 2. The van der Waals surface area contributed by atoms with Gasteiger partial charge in [0.15, 0.2) is 6.61 Å². The van der Waals surface area contributed by atoms with Crippen molar-refractivity contribution in [2.45, 2.75) is 32.6 Å². The molecule has 2 aromatic rings. The smallest absolute Gasteiger partial charge is 0.344 e. The molecule has 1 aliphatic rings. The van der Waals surface area contributed by atoms with Crippen LogP contribution in [0, 0.1) is 0 Å². The summed E-state index contributed by atoms with van der Waals surface area (Å²) in [6, 6.07) is 5.50. The second-order valence-electron chi connectivity index (χ2n) is 5.43. The van der Waals surface area contributed by atoms with Gasteiger partial charge < -0.3 is 14.5 Å². The van der Waals surface area contributed by atoms with Gasteiger partial charge in [0.05, 0.1) is 12.2 Å². The Morgan fingerprint density at radius 3 is 2.82 bits per heavy atom. The van der Waals surface area contributed by atoms with E-state index in [4.69, 9.17) is 9.47 Å². The predicted octanol–water partition coefficient (Wildman–Crippen LogP) is 2.77. The minimum atomic E-state index is -0.535. The Kier molecular flexibility index (Phi) is 4.13. The zero-order chi connectivity index (χ0) is 15.5. The number of hydrogen-bond acceptors (Lipinski definition) is 4. The molecular formula is C17H19NO4. The van der Waals surface area contributed by atoms with Crippen molar-refractivity contribution in [1.82, 2.24) is 4.98 Å². The summed E-state index contributed by atoms with van der Waals surface area (Å²) in [6.45, 7) is 1.63. The van der Waals surface area contributed by atoms with Crippen LogP contribution in [0.15, 0.2) is 18.2 Å². The quantitative estimate of drug-likeness (QED) is 0.882. The van der Waals surface area contributed by atoms with E-state index in [0.29, 0.717) is 5.56 Å². The lowest BCUT2D eigenvalue weighted by molar-refractivity contribution is -0.146. The maximum absolute atomic E-state index is 12.0. The predicted molar refractivity (Wildman–Crippen MR) is 81.9 cm³/mol. The van der Waals surface area contributed by atoms with E-state index in [1.807, 2.05) is 6.07 Å². The van der Waals surface area contributed by atoms with E-state index < -0.39 is 11.9 Å². The molecule has 0 amide bonds. The second kappa shape index (κ2) is 6.22. The van der Waals surface area contributed by atoms with Gasteiger partial charge in [0.25, 0.3) is 0 Å². The van der Waals surface area contributed by atoms with Gasteiger partial charge in [-0.1, -0.05) is 6.07 Å². The summed E-state index contributed by atoms with van der Waals surface area (Å²) in [4.78, 5) is 26.6. The summed E-state index contributed by atoms with van der Waals surface area (Å²) in [7, 11) is 0. The Morgan fingerprint density at radius 2 is 2.00 bits per heavy atom. The number of fused-ring (bicyclic) bond motifs is 3. The number of rotatable bonds is 4. The third kappa shape index (κ3) is 2.84. The van der Waals surface area contributed by atoms with Crippen LogP contribution in [0.4, 0.5) is 0 Å². The van der Waals surface area contributed by atoms with Gasteiger partial charge in [0, 0.05) is 16.6 Å². The summed E-state index contributed by atoms with van der Waals surface area (Å²) in [5.74, 6) is -1.05. The Morgan fingerprint density at radius 1 is 1.18 bits per heavy atom.